The lowest BCUT2D eigenvalue weighted by Crippen LogP contribution is -2.43. The van der Waals surface area contributed by atoms with Gasteiger partial charge in [0.1, 0.15) is 0 Å². The molecule has 7 heteroatoms. The summed E-state index contributed by atoms with van der Waals surface area (Å²) in [5.74, 6) is 0.0277. The summed E-state index contributed by atoms with van der Waals surface area (Å²) in [5, 5.41) is 0. The number of hydrogen-bond donors (Lipinski definition) is 2. The van der Waals surface area contributed by atoms with Crippen LogP contribution in [0.4, 0.5) is 0 Å². The van der Waals surface area contributed by atoms with E-state index in [1.165, 1.54) is 7.11 Å². The average molecular weight is 254 g/mol. The fourth-order valence-electron chi connectivity index (χ4n) is 1.01. The van der Waals surface area contributed by atoms with Gasteiger partial charge in [0.25, 0.3) is 0 Å². The molecule has 1 unspecified atom stereocenters. The molecule has 90 valence electrons. The van der Waals surface area contributed by atoms with Crippen LogP contribution in [-0.2, 0) is 14.8 Å². The summed E-state index contributed by atoms with van der Waals surface area (Å²) in [7, 11) is -1.78. The molecule has 0 aliphatic heterocycles. The second-order valence-electron chi connectivity index (χ2n) is 3.15. The first kappa shape index (κ1) is 14.8. The third-order valence-corrected chi connectivity index (χ3v) is 3.59. The first-order valence-electron chi connectivity index (χ1n) is 4.71. The molecular formula is C8H18N2O3S2. The minimum absolute atomic E-state index is 0.0277. The molecule has 0 heterocycles. The van der Waals surface area contributed by atoms with Crippen molar-refractivity contribution in [2.45, 2.75) is 25.8 Å². The van der Waals surface area contributed by atoms with Gasteiger partial charge in [-0.25, -0.2) is 13.1 Å². The molecule has 5 nitrogen and oxygen atoms in total. The second kappa shape index (κ2) is 7.10. The minimum Gasteiger partial charge on any atom is -0.392 e. The fraction of sp³-hybridized carbons (Fsp3) is 0.875. The molecule has 0 aliphatic rings. The van der Waals surface area contributed by atoms with Crippen LogP contribution < -0.4 is 10.5 Å². The molecule has 0 rings (SSSR count). The standard InChI is InChI=1S/C8H18N2O3S2/c1-3-7(8(9)14)10-15(11,12)6-4-5-13-2/h7,10H,3-6H2,1-2H3,(H2,9,14). The van der Waals surface area contributed by atoms with Crippen LogP contribution in [-0.4, -0.2) is 38.9 Å². The van der Waals surface area contributed by atoms with Crippen LogP contribution in [0.5, 0.6) is 0 Å². The lowest BCUT2D eigenvalue weighted by Gasteiger charge is -2.15. The molecule has 0 aromatic carbocycles. The van der Waals surface area contributed by atoms with Crippen LogP contribution in [0, 0.1) is 0 Å². The van der Waals surface area contributed by atoms with Crippen LogP contribution in [0.3, 0.4) is 0 Å². The van der Waals surface area contributed by atoms with Crippen LogP contribution in [0.2, 0.25) is 0 Å². The lowest BCUT2D eigenvalue weighted by atomic mass is 10.2. The first-order chi connectivity index (χ1) is 6.93. The summed E-state index contributed by atoms with van der Waals surface area (Å²) in [6, 6.07) is -0.451. The maximum Gasteiger partial charge on any atom is 0.212 e. The molecule has 0 spiro atoms. The number of rotatable bonds is 8. The van der Waals surface area contributed by atoms with Gasteiger partial charge in [-0.05, 0) is 12.8 Å². The van der Waals surface area contributed by atoms with Gasteiger partial charge in [0.2, 0.25) is 10.0 Å². The van der Waals surface area contributed by atoms with E-state index >= 15 is 0 Å². The predicted molar refractivity (Wildman–Crippen MR) is 64.3 cm³/mol. The Morgan fingerprint density at radius 2 is 2.20 bits per heavy atom. The predicted octanol–water partition coefficient (Wildman–Crippen LogP) is 0.00700. The second-order valence-corrected chi connectivity index (χ2v) is 5.49. The molecule has 0 saturated carbocycles. The highest BCUT2D eigenvalue weighted by atomic mass is 32.2. The monoisotopic (exact) mass is 254 g/mol. The first-order valence-corrected chi connectivity index (χ1v) is 6.77. The zero-order valence-electron chi connectivity index (χ0n) is 9.02. The van der Waals surface area contributed by atoms with Crippen molar-refractivity contribution in [1.82, 2.24) is 4.72 Å². The van der Waals surface area contributed by atoms with Crippen molar-refractivity contribution in [2.75, 3.05) is 19.5 Å². The number of ether oxygens (including phenoxy) is 1. The highest BCUT2D eigenvalue weighted by Crippen LogP contribution is 1.97. The third kappa shape index (κ3) is 6.77. The van der Waals surface area contributed by atoms with E-state index in [0.717, 1.165) is 0 Å². The molecular weight excluding hydrogens is 236 g/mol. The third-order valence-electron chi connectivity index (χ3n) is 1.84. The Kier molecular flexibility index (Phi) is 6.99. The Morgan fingerprint density at radius 3 is 2.60 bits per heavy atom. The largest absolute Gasteiger partial charge is 0.392 e. The number of methoxy groups -OCH3 is 1. The van der Waals surface area contributed by atoms with E-state index < -0.39 is 16.1 Å². The van der Waals surface area contributed by atoms with Crippen LogP contribution in [0.15, 0.2) is 0 Å². The molecule has 0 amide bonds. The van der Waals surface area contributed by atoms with Crippen molar-refractivity contribution >= 4 is 27.2 Å². The molecule has 1 atom stereocenters. The van der Waals surface area contributed by atoms with Gasteiger partial charge >= 0.3 is 0 Å². The van der Waals surface area contributed by atoms with Gasteiger partial charge in [0, 0.05) is 13.7 Å². The highest BCUT2D eigenvalue weighted by molar-refractivity contribution is 7.89. The Hall–Kier alpha value is -0.240. The van der Waals surface area contributed by atoms with Gasteiger partial charge in [0.15, 0.2) is 0 Å². The summed E-state index contributed by atoms with van der Waals surface area (Å²) in [6.45, 7) is 2.24. The molecule has 0 bridgehead atoms. The van der Waals surface area contributed by atoms with E-state index in [2.05, 4.69) is 4.72 Å². The Bertz CT molecular complexity index is 290. The van der Waals surface area contributed by atoms with E-state index in [4.69, 9.17) is 22.7 Å². The van der Waals surface area contributed by atoms with Crippen molar-refractivity contribution in [3.8, 4) is 0 Å². The number of nitrogens with two attached hydrogens (primary N) is 1. The molecule has 0 aromatic rings. The lowest BCUT2D eigenvalue weighted by molar-refractivity contribution is 0.199. The zero-order chi connectivity index (χ0) is 11.9. The molecule has 3 N–H and O–H groups in total. The van der Waals surface area contributed by atoms with Crippen molar-refractivity contribution < 1.29 is 13.2 Å². The van der Waals surface area contributed by atoms with E-state index in [1.54, 1.807) is 0 Å². The average Bonchev–Trinajstić information content (AvgIpc) is 2.14. The Morgan fingerprint density at radius 1 is 1.60 bits per heavy atom. The maximum atomic E-state index is 11.5. The summed E-state index contributed by atoms with van der Waals surface area (Å²) in [5.41, 5.74) is 5.39. The number of hydrogen-bond acceptors (Lipinski definition) is 4. The molecule has 0 radical (unpaired) electrons. The zero-order valence-corrected chi connectivity index (χ0v) is 10.7. The SMILES string of the molecule is CCC(NS(=O)(=O)CCCOC)C(N)=S. The van der Waals surface area contributed by atoms with E-state index in [-0.39, 0.29) is 10.7 Å². The van der Waals surface area contributed by atoms with Crippen molar-refractivity contribution in [3.05, 3.63) is 0 Å². The van der Waals surface area contributed by atoms with Gasteiger partial charge in [0.05, 0.1) is 16.8 Å². The fourth-order valence-corrected chi connectivity index (χ4v) is 2.65. The van der Waals surface area contributed by atoms with E-state index in [0.29, 0.717) is 19.4 Å². The van der Waals surface area contributed by atoms with Crippen LogP contribution in [0.25, 0.3) is 0 Å². The van der Waals surface area contributed by atoms with Gasteiger partial charge in [-0.3, -0.25) is 0 Å². The number of thiocarbonyl (C=S) groups is 1. The molecule has 0 fully saturated rings. The number of nitrogens with one attached hydrogen (secondary N) is 1. The van der Waals surface area contributed by atoms with Gasteiger partial charge < -0.3 is 10.5 Å². The highest BCUT2D eigenvalue weighted by Gasteiger charge is 2.17. The molecule has 15 heavy (non-hydrogen) atoms. The van der Waals surface area contributed by atoms with E-state index in [9.17, 15) is 8.42 Å². The minimum atomic E-state index is -3.31. The Labute approximate surface area is 96.4 Å². The van der Waals surface area contributed by atoms with Crippen molar-refractivity contribution in [1.29, 1.82) is 0 Å². The van der Waals surface area contributed by atoms with Gasteiger partial charge in [-0.15, -0.1) is 0 Å². The summed E-state index contributed by atoms with van der Waals surface area (Å²) < 4.78 is 30.2. The Balaban J connectivity index is 4.17. The quantitative estimate of drug-likeness (QED) is 0.471. The number of sulfonamides is 1. The van der Waals surface area contributed by atoms with Gasteiger partial charge in [-0.2, -0.15) is 0 Å². The van der Waals surface area contributed by atoms with E-state index in [1.807, 2.05) is 6.92 Å². The normalized spacial score (nSPS) is 13.7. The summed E-state index contributed by atoms with van der Waals surface area (Å²) in [6.07, 6.45) is 1.01. The molecule has 0 aliphatic carbocycles. The smallest absolute Gasteiger partial charge is 0.212 e. The van der Waals surface area contributed by atoms with Crippen molar-refractivity contribution in [2.24, 2.45) is 5.73 Å². The van der Waals surface area contributed by atoms with Crippen molar-refractivity contribution in [3.63, 3.8) is 0 Å². The summed E-state index contributed by atoms with van der Waals surface area (Å²) >= 11 is 4.75. The molecule has 0 aromatic heterocycles. The topological polar surface area (TPSA) is 81.4 Å². The molecule has 0 saturated heterocycles. The maximum absolute atomic E-state index is 11.5. The van der Waals surface area contributed by atoms with Crippen LogP contribution >= 0.6 is 12.2 Å². The summed E-state index contributed by atoms with van der Waals surface area (Å²) in [4.78, 5) is 0.174. The van der Waals surface area contributed by atoms with Crippen LogP contribution in [0.1, 0.15) is 19.8 Å². The van der Waals surface area contributed by atoms with Gasteiger partial charge in [-0.1, -0.05) is 19.1 Å².